The molecule has 3 atom stereocenters. The minimum Gasteiger partial charge on any atom is -0.341 e. The lowest BCUT2D eigenvalue weighted by molar-refractivity contribution is -0.225. The van der Waals surface area contributed by atoms with Gasteiger partial charge in [0, 0.05) is 0 Å². The highest BCUT2D eigenvalue weighted by Gasteiger charge is 2.31. The Hall–Kier alpha value is -0.660. The molecule has 13 heavy (non-hydrogen) atoms. The van der Waals surface area contributed by atoms with E-state index in [-0.39, 0.29) is 6.61 Å². The highest BCUT2D eigenvalue weighted by Crippen LogP contribution is 2.16. The van der Waals surface area contributed by atoms with E-state index in [9.17, 15) is 18.0 Å². The molecule has 76 valence electrons. The van der Waals surface area contributed by atoms with Crippen molar-refractivity contribution < 1.29 is 32.2 Å². The molecule has 1 fully saturated rings. The van der Waals surface area contributed by atoms with E-state index >= 15 is 0 Å². The summed E-state index contributed by atoms with van der Waals surface area (Å²) in [4.78, 5) is 10.0. The Kier molecular flexibility index (Phi) is 3.64. The van der Waals surface area contributed by atoms with Crippen LogP contribution >= 0.6 is 0 Å². The molecular formula is C6H7F3O4. The molecule has 0 saturated carbocycles. The zero-order valence-electron chi connectivity index (χ0n) is 6.36. The molecule has 0 aromatic carbocycles. The molecule has 0 amide bonds. The van der Waals surface area contributed by atoms with Crippen LogP contribution in [0.3, 0.4) is 0 Å². The van der Waals surface area contributed by atoms with Crippen LogP contribution in [-0.2, 0) is 19.0 Å². The van der Waals surface area contributed by atoms with Crippen molar-refractivity contribution in [2.24, 2.45) is 0 Å². The van der Waals surface area contributed by atoms with Gasteiger partial charge in [0.05, 0.1) is 0 Å². The predicted octanol–water partition coefficient (Wildman–Crippen LogP) is 0.462. The molecule has 0 aromatic rings. The number of alkyl halides is 3. The van der Waals surface area contributed by atoms with Crippen LogP contribution in [0.2, 0.25) is 0 Å². The predicted molar refractivity (Wildman–Crippen MR) is 32.7 cm³/mol. The van der Waals surface area contributed by atoms with E-state index in [4.69, 9.17) is 0 Å². The molecule has 0 aliphatic carbocycles. The maximum absolute atomic E-state index is 12.2. The molecule has 7 heteroatoms. The minimum atomic E-state index is -3.24. The average Bonchev–Trinajstić information content (AvgIpc) is 2.52. The summed E-state index contributed by atoms with van der Waals surface area (Å²) in [6.45, 7) is -0.240. The van der Waals surface area contributed by atoms with E-state index in [1.54, 1.807) is 0 Å². The van der Waals surface area contributed by atoms with E-state index in [2.05, 4.69) is 14.2 Å². The first kappa shape index (κ1) is 10.4. The quantitative estimate of drug-likeness (QED) is 0.618. The molecule has 0 N–H and O–H groups in total. The van der Waals surface area contributed by atoms with Gasteiger partial charge in [-0.1, -0.05) is 0 Å². The molecule has 1 aliphatic heterocycles. The van der Waals surface area contributed by atoms with Crippen molar-refractivity contribution in [2.45, 2.75) is 25.4 Å². The van der Waals surface area contributed by atoms with Crippen LogP contribution in [0, 0.1) is 0 Å². The zero-order chi connectivity index (χ0) is 9.84. The summed E-state index contributed by atoms with van der Waals surface area (Å²) < 4.78 is 48.6. The lowest BCUT2D eigenvalue weighted by Gasteiger charge is -2.12. The van der Waals surface area contributed by atoms with Gasteiger partial charge in [-0.05, 0) is 0 Å². The average molecular weight is 200 g/mol. The standard InChI is InChI=1S/C6H7F3O4/c7-5(8)6(9)13-4-2-11-3(1-10)12-4/h1,3-6H,2H2. The Labute approximate surface area is 71.6 Å². The van der Waals surface area contributed by atoms with Gasteiger partial charge in [0.15, 0.2) is 12.6 Å². The molecule has 0 aromatic heterocycles. The topological polar surface area (TPSA) is 44.8 Å². The van der Waals surface area contributed by atoms with Crippen molar-refractivity contribution in [1.82, 2.24) is 0 Å². The van der Waals surface area contributed by atoms with Crippen LogP contribution in [0.1, 0.15) is 0 Å². The molecule has 1 heterocycles. The van der Waals surface area contributed by atoms with Crippen molar-refractivity contribution in [3.05, 3.63) is 0 Å². The van der Waals surface area contributed by atoms with Crippen molar-refractivity contribution in [3.8, 4) is 0 Å². The third-order valence-corrected chi connectivity index (χ3v) is 1.27. The van der Waals surface area contributed by atoms with Gasteiger partial charge in [-0.3, -0.25) is 4.79 Å². The summed E-state index contributed by atoms with van der Waals surface area (Å²) in [5.74, 6) is 0. The van der Waals surface area contributed by atoms with Crippen LogP contribution in [-0.4, -0.2) is 38.3 Å². The number of aldehydes is 1. The second kappa shape index (κ2) is 4.54. The molecule has 0 radical (unpaired) electrons. The van der Waals surface area contributed by atoms with E-state index < -0.39 is 25.4 Å². The highest BCUT2D eigenvalue weighted by atomic mass is 19.3. The largest absolute Gasteiger partial charge is 0.341 e. The Bertz CT molecular complexity index is 177. The van der Waals surface area contributed by atoms with Crippen LogP contribution in [0.4, 0.5) is 13.2 Å². The summed E-state index contributed by atoms with van der Waals surface area (Å²) in [6.07, 6.45) is -8.05. The molecule has 3 unspecified atom stereocenters. The van der Waals surface area contributed by atoms with Crippen LogP contribution in [0.25, 0.3) is 0 Å². The maximum Gasteiger partial charge on any atom is 0.293 e. The third-order valence-electron chi connectivity index (χ3n) is 1.27. The molecular weight excluding hydrogens is 193 g/mol. The van der Waals surface area contributed by atoms with Gasteiger partial charge in [-0.2, -0.15) is 0 Å². The summed E-state index contributed by atoms with van der Waals surface area (Å²) in [7, 11) is 0. The smallest absolute Gasteiger partial charge is 0.293 e. The lowest BCUT2D eigenvalue weighted by Crippen LogP contribution is -2.26. The lowest BCUT2D eigenvalue weighted by atomic mass is 10.6. The van der Waals surface area contributed by atoms with Gasteiger partial charge in [0.2, 0.25) is 6.29 Å². The summed E-state index contributed by atoms with van der Waals surface area (Å²) in [5, 5.41) is 0. The monoisotopic (exact) mass is 200 g/mol. The van der Waals surface area contributed by atoms with Crippen LogP contribution < -0.4 is 0 Å². The van der Waals surface area contributed by atoms with Gasteiger partial charge in [-0.15, -0.1) is 0 Å². The SMILES string of the molecule is O=CC1OCC(OC(F)C(F)F)O1. The number of hydrogen-bond donors (Lipinski definition) is 0. The van der Waals surface area contributed by atoms with Gasteiger partial charge >= 0.3 is 0 Å². The summed E-state index contributed by atoms with van der Waals surface area (Å²) in [6, 6.07) is 0. The van der Waals surface area contributed by atoms with Gasteiger partial charge in [0.1, 0.15) is 6.61 Å². The fourth-order valence-corrected chi connectivity index (χ4v) is 0.749. The number of hydrogen-bond acceptors (Lipinski definition) is 4. The molecule has 0 spiro atoms. The van der Waals surface area contributed by atoms with Gasteiger partial charge < -0.3 is 14.2 Å². The van der Waals surface area contributed by atoms with E-state index in [0.29, 0.717) is 6.29 Å². The number of rotatable bonds is 4. The summed E-state index contributed by atoms with van der Waals surface area (Å²) >= 11 is 0. The normalized spacial score (nSPS) is 30.8. The van der Waals surface area contributed by atoms with Crippen molar-refractivity contribution in [1.29, 1.82) is 0 Å². The maximum atomic E-state index is 12.2. The molecule has 4 nitrogen and oxygen atoms in total. The number of ether oxygens (including phenoxy) is 3. The fraction of sp³-hybridized carbons (Fsp3) is 0.833. The van der Waals surface area contributed by atoms with Gasteiger partial charge in [0.25, 0.3) is 12.8 Å². The van der Waals surface area contributed by atoms with E-state index in [1.165, 1.54) is 0 Å². The third kappa shape index (κ3) is 2.94. The van der Waals surface area contributed by atoms with E-state index in [1.807, 2.05) is 0 Å². The number of carbonyl (C=O) groups is 1. The van der Waals surface area contributed by atoms with Crippen molar-refractivity contribution >= 4 is 6.29 Å². The minimum absolute atomic E-state index is 0.240. The second-order valence-electron chi connectivity index (χ2n) is 2.23. The first-order valence-corrected chi connectivity index (χ1v) is 3.43. The first-order valence-electron chi connectivity index (χ1n) is 3.43. The number of halogens is 3. The Morgan fingerprint density at radius 3 is 2.62 bits per heavy atom. The number of carbonyl (C=O) groups excluding carboxylic acids is 1. The van der Waals surface area contributed by atoms with E-state index in [0.717, 1.165) is 0 Å². The molecule has 1 aliphatic rings. The Morgan fingerprint density at radius 2 is 2.15 bits per heavy atom. The van der Waals surface area contributed by atoms with Gasteiger partial charge in [-0.25, -0.2) is 13.2 Å². The highest BCUT2D eigenvalue weighted by molar-refractivity contribution is 5.54. The molecule has 1 rings (SSSR count). The Morgan fingerprint density at radius 1 is 1.46 bits per heavy atom. The van der Waals surface area contributed by atoms with Crippen LogP contribution in [0.5, 0.6) is 0 Å². The second-order valence-corrected chi connectivity index (χ2v) is 2.23. The first-order chi connectivity index (χ1) is 6.13. The molecule has 1 saturated heterocycles. The van der Waals surface area contributed by atoms with Crippen molar-refractivity contribution in [3.63, 3.8) is 0 Å². The zero-order valence-corrected chi connectivity index (χ0v) is 6.36. The Balaban J connectivity index is 2.27. The fourth-order valence-electron chi connectivity index (χ4n) is 0.749. The molecule has 0 bridgehead atoms. The van der Waals surface area contributed by atoms with Crippen LogP contribution in [0.15, 0.2) is 0 Å². The van der Waals surface area contributed by atoms with Crippen molar-refractivity contribution in [2.75, 3.05) is 6.61 Å². The summed E-state index contributed by atoms with van der Waals surface area (Å²) in [5.41, 5.74) is 0.